The molecule has 2 rings (SSSR count). The average Bonchev–Trinajstić information content (AvgIpc) is 3.07. The zero-order valence-corrected chi connectivity index (χ0v) is 18.0. The van der Waals surface area contributed by atoms with Crippen molar-refractivity contribution in [3.05, 3.63) is 24.3 Å². The highest BCUT2D eigenvalue weighted by atomic mass is 32.2. The highest BCUT2D eigenvalue weighted by molar-refractivity contribution is 7.89. The molecule has 1 aliphatic rings. The van der Waals surface area contributed by atoms with Crippen molar-refractivity contribution in [2.24, 2.45) is 5.92 Å². The molecule has 0 bridgehead atoms. The normalized spacial score (nSPS) is 17.0. The maximum atomic E-state index is 12.5. The Bertz CT molecular complexity index is 780. The van der Waals surface area contributed by atoms with E-state index in [4.69, 9.17) is 4.74 Å². The number of carbonyl (C=O) groups is 2. The summed E-state index contributed by atoms with van der Waals surface area (Å²) >= 11 is 0. The zero-order chi connectivity index (χ0) is 21.3. The number of carbonyl (C=O) groups excluding carboxylic acids is 2. The lowest BCUT2D eigenvalue weighted by Crippen LogP contribution is -2.29. The van der Waals surface area contributed by atoms with Crippen LogP contribution in [0.1, 0.15) is 39.5 Å². The number of amides is 2. The summed E-state index contributed by atoms with van der Waals surface area (Å²) in [7, 11) is -3.60. The third kappa shape index (κ3) is 7.09. The molecule has 1 unspecified atom stereocenters. The first-order valence-corrected chi connectivity index (χ1v) is 11.6. The molecule has 0 spiro atoms. The van der Waals surface area contributed by atoms with E-state index in [2.05, 4.69) is 17.0 Å². The van der Waals surface area contributed by atoms with Gasteiger partial charge in [0.05, 0.1) is 10.8 Å². The van der Waals surface area contributed by atoms with Crippen LogP contribution in [-0.4, -0.2) is 58.0 Å². The van der Waals surface area contributed by atoms with E-state index in [1.165, 1.54) is 12.1 Å². The van der Waals surface area contributed by atoms with Gasteiger partial charge < -0.3 is 15.0 Å². The van der Waals surface area contributed by atoms with Gasteiger partial charge in [0.1, 0.15) is 0 Å². The lowest BCUT2D eigenvalue weighted by molar-refractivity contribution is -0.128. The number of sulfonamides is 1. The van der Waals surface area contributed by atoms with E-state index in [0.29, 0.717) is 45.0 Å². The Morgan fingerprint density at radius 1 is 1.21 bits per heavy atom. The summed E-state index contributed by atoms with van der Waals surface area (Å²) in [6.45, 7) is 6.47. The standard InChI is InChI=1S/C20H31N3O5S/c1-3-5-12-23-15-16(14-19(23)24)20(25)22-17-7-9-18(10-8-17)29(26,27)21-11-6-13-28-4-2/h7-10,16,21H,3-6,11-15H2,1-2H3,(H,22,25). The van der Waals surface area contributed by atoms with Crippen LogP contribution in [0.2, 0.25) is 0 Å². The number of nitrogens with one attached hydrogen (secondary N) is 2. The van der Waals surface area contributed by atoms with Gasteiger partial charge in [-0.2, -0.15) is 0 Å². The van der Waals surface area contributed by atoms with Crippen LogP contribution < -0.4 is 10.0 Å². The van der Waals surface area contributed by atoms with E-state index in [9.17, 15) is 18.0 Å². The predicted molar refractivity (Wildman–Crippen MR) is 111 cm³/mol. The van der Waals surface area contributed by atoms with E-state index < -0.39 is 10.0 Å². The molecule has 162 valence electrons. The SMILES string of the molecule is CCCCN1CC(C(=O)Nc2ccc(S(=O)(=O)NCCCOCC)cc2)CC1=O. The smallest absolute Gasteiger partial charge is 0.240 e. The fraction of sp³-hybridized carbons (Fsp3) is 0.600. The first-order valence-electron chi connectivity index (χ1n) is 10.1. The van der Waals surface area contributed by atoms with Crippen molar-refractivity contribution in [3.63, 3.8) is 0 Å². The van der Waals surface area contributed by atoms with Gasteiger partial charge in [-0.3, -0.25) is 9.59 Å². The van der Waals surface area contributed by atoms with Gasteiger partial charge in [-0.1, -0.05) is 13.3 Å². The number of hydrogen-bond acceptors (Lipinski definition) is 5. The fourth-order valence-electron chi connectivity index (χ4n) is 3.08. The molecule has 1 fully saturated rings. The number of hydrogen-bond donors (Lipinski definition) is 2. The number of anilines is 1. The minimum absolute atomic E-state index is 0.00968. The maximum absolute atomic E-state index is 12.5. The predicted octanol–water partition coefficient (Wildman–Crippen LogP) is 1.98. The summed E-state index contributed by atoms with van der Waals surface area (Å²) < 4.78 is 32.3. The second kappa shape index (κ2) is 11.3. The highest BCUT2D eigenvalue weighted by Gasteiger charge is 2.33. The number of likely N-dealkylation sites (tertiary alicyclic amines) is 1. The van der Waals surface area contributed by atoms with E-state index in [1.54, 1.807) is 17.0 Å². The lowest BCUT2D eigenvalue weighted by Gasteiger charge is -2.16. The van der Waals surface area contributed by atoms with Crippen molar-refractivity contribution >= 4 is 27.5 Å². The van der Waals surface area contributed by atoms with Crippen molar-refractivity contribution < 1.29 is 22.7 Å². The Balaban J connectivity index is 1.87. The summed E-state index contributed by atoms with van der Waals surface area (Å²) in [6.07, 6.45) is 2.73. The number of ether oxygens (including phenoxy) is 1. The van der Waals surface area contributed by atoms with Gasteiger partial charge in [0.25, 0.3) is 0 Å². The Kier molecular flexibility index (Phi) is 9.06. The van der Waals surface area contributed by atoms with Crippen LogP contribution in [0.5, 0.6) is 0 Å². The van der Waals surface area contributed by atoms with Crippen molar-refractivity contribution in [1.29, 1.82) is 0 Å². The van der Waals surface area contributed by atoms with Crippen LogP contribution in [0.25, 0.3) is 0 Å². The van der Waals surface area contributed by atoms with Gasteiger partial charge in [-0.15, -0.1) is 0 Å². The third-order valence-corrected chi connectivity index (χ3v) is 6.24. The van der Waals surface area contributed by atoms with E-state index in [1.807, 2.05) is 6.92 Å². The first-order chi connectivity index (χ1) is 13.9. The quantitative estimate of drug-likeness (QED) is 0.498. The Labute approximate surface area is 173 Å². The van der Waals surface area contributed by atoms with Crippen LogP contribution in [-0.2, 0) is 24.3 Å². The van der Waals surface area contributed by atoms with Gasteiger partial charge in [-0.25, -0.2) is 13.1 Å². The second-order valence-electron chi connectivity index (χ2n) is 7.06. The highest BCUT2D eigenvalue weighted by Crippen LogP contribution is 2.21. The molecule has 0 aliphatic carbocycles. The molecule has 1 heterocycles. The summed E-state index contributed by atoms with van der Waals surface area (Å²) in [5.41, 5.74) is 0.504. The van der Waals surface area contributed by atoms with Gasteiger partial charge >= 0.3 is 0 Å². The second-order valence-corrected chi connectivity index (χ2v) is 8.82. The molecule has 1 saturated heterocycles. The zero-order valence-electron chi connectivity index (χ0n) is 17.1. The number of nitrogens with zero attached hydrogens (tertiary/aromatic N) is 1. The Morgan fingerprint density at radius 3 is 2.59 bits per heavy atom. The van der Waals surface area contributed by atoms with Crippen molar-refractivity contribution in [2.75, 3.05) is 38.2 Å². The third-order valence-electron chi connectivity index (χ3n) is 4.76. The Morgan fingerprint density at radius 2 is 1.93 bits per heavy atom. The van der Waals surface area contributed by atoms with Gasteiger partial charge in [0.15, 0.2) is 0 Å². The number of unbranched alkanes of at least 4 members (excludes halogenated alkanes) is 1. The molecule has 1 aromatic carbocycles. The summed E-state index contributed by atoms with van der Waals surface area (Å²) in [5, 5.41) is 2.78. The Hall–Kier alpha value is -1.97. The van der Waals surface area contributed by atoms with Crippen molar-refractivity contribution in [3.8, 4) is 0 Å². The summed E-state index contributed by atoms with van der Waals surface area (Å²) in [6, 6.07) is 6.01. The first kappa shape index (κ1) is 23.3. The topological polar surface area (TPSA) is 105 Å². The number of rotatable bonds is 12. The van der Waals surface area contributed by atoms with Crippen molar-refractivity contribution in [2.45, 2.75) is 44.4 Å². The van der Waals surface area contributed by atoms with Gasteiger partial charge in [-0.05, 0) is 44.0 Å². The summed E-state index contributed by atoms with van der Waals surface area (Å²) in [5.74, 6) is -0.591. The van der Waals surface area contributed by atoms with E-state index in [-0.39, 0.29) is 29.0 Å². The molecule has 2 N–H and O–H groups in total. The molecule has 1 aliphatic heterocycles. The molecule has 8 nitrogen and oxygen atoms in total. The molecule has 0 aromatic heterocycles. The average molecular weight is 426 g/mol. The largest absolute Gasteiger partial charge is 0.382 e. The summed E-state index contributed by atoms with van der Waals surface area (Å²) in [4.78, 5) is 26.3. The molecule has 1 atom stereocenters. The molecular formula is C20H31N3O5S. The van der Waals surface area contributed by atoms with Crippen LogP contribution in [0.4, 0.5) is 5.69 Å². The number of benzene rings is 1. The maximum Gasteiger partial charge on any atom is 0.240 e. The molecule has 1 aromatic rings. The van der Waals surface area contributed by atoms with Crippen LogP contribution in [0, 0.1) is 5.92 Å². The minimum atomic E-state index is -3.60. The lowest BCUT2D eigenvalue weighted by atomic mass is 10.1. The van der Waals surface area contributed by atoms with Crippen LogP contribution in [0.15, 0.2) is 29.2 Å². The van der Waals surface area contributed by atoms with Crippen molar-refractivity contribution in [1.82, 2.24) is 9.62 Å². The van der Waals surface area contributed by atoms with Gasteiger partial charge in [0.2, 0.25) is 21.8 Å². The fourth-order valence-corrected chi connectivity index (χ4v) is 4.16. The minimum Gasteiger partial charge on any atom is -0.382 e. The molecule has 29 heavy (non-hydrogen) atoms. The molecular weight excluding hydrogens is 394 g/mol. The monoisotopic (exact) mass is 425 g/mol. The van der Waals surface area contributed by atoms with Gasteiger partial charge in [0, 0.05) is 45.0 Å². The molecule has 0 radical (unpaired) electrons. The molecule has 2 amide bonds. The van der Waals surface area contributed by atoms with E-state index in [0.717, 1.165) is 12.8 Å². The molecule has 9 heteroatoms. The molecule has 0 saturated carbocycles. The van der Waals surface area contributed by atoms with Crippen LogP contribution in [0.3, 0.4) is 0 Å². The van der Waals surface area contributed by atoms with Crippen LogP contribution >= 0.6 is 0 Å². The van der Waals surface area contributed by atoms with E-state index >= 15 is 0 Å².